The van der Waals surface area contributed by atoms with E-state index in [0.717, 1.165) is 22.3 Å². The third kappa shape index (κ3) is 3.34. The van der Waals surface area contributed by atoms with Crippen LogP contribution in [0.1, 0.15) is 10.4 Å². The van der Waals surface area contributed by atoms with Gasteiger partial charge in [0.2, 0.25) is 5.78 Å². The highest BCUT2D eigenvalue weighted by Crippen LogP contribution is 2.29. The first-order chi connectivity index (χ1) is 11.1. The monoisotopic (exact) mass is 308 g/mol. The molecular weight excluding hydrogens is 294 g/mol. The molecule has 0 spiro atoms. The van der Waals surface area contributed by atoms with Gasteiger partial charge in [-0.05, 0) is 40.5 Å². The molecule has 3 aromatic carbocycles. The molecule has 0 aliphatic carbocycles. The second kappa shape index (κ2) is 6.53. The molecule has 0 amide bonds. The van der Waals surface area contributed by atoms with Crippen LogP contribution in [-0.2, 0) is 0 Å². The van der Waals surface area contributed by atoms with Crippen molar-refractivity contribution in [2.45, 2.75) is 6.43 Å². The summed E-state index contributed by atoms with van der Waals surface area (Å²) < 4.78 is 25.7. The molecule has 0 bridgehead atoms. The number of hydrogen-bond acceptors (Lipinski definition) is 1. The molecule has 0 atom stereocenters. The summed E-state index contributed by atoms with van der Waals surface area (Å²) in [5.41, 5.74) is 3.29. The quantitative estimate of drug-likeness (QED) is 0.584. The van der Waals surface area contributed by atoms with E-state index in [-0.39, 0.29) is 5.56 Å². The summed E-state index contributed by atoms with van der Waals surface area (Å²) in [6.45, 7) is 0. The van der Waals surface area contributed by atoms with Crippen LogP contribution in [0.5, 0.6) is 0 Å². The smallest absolute Gasteiger partial charge is 0.288 e. The lowest BCUT2D eigenvalue weighted by atomic mass is 9.95. The van der Waals surface area contributed by atoms with Crippen molar-refractivity contribution in [3.05, 3.63) is 84.4 Å². The molecule has 0 unspecified atom stereocenters. The van der Waals surface area contributed by atoms with Gasteiger partial charge in [0, 0.05) is 5.56 Å². The van der Waals surface area contributed by atoms with E-state index in [4.69, 9.17) is 0 Å². The van der Waals surface area contributed by atoms with Crippen molar-refractivity contribution in [3.63, 3.8) is 0 Å². The predicted octanol–water partition coefficient (Wildman–Crippen LogP) is 5.47. The topological polar surface area (TPSA) is 17.1 Å². The fraction of sp³-hybridized carbons (Fsp3) is 0.0500. The molecule has 23 heavy (non-hydrogen) atoms. The zero-order valence-corrected chi connectivity index (χ0v) is 12.2. The van der Waals surface area contributed by atoms with E-state index in [1.807, 2.05) is 66.7 Å². The summed E-state index contributed by atoms with van der Waals surface area (Å²) in [4.78, 5) is 11.8. The Balaban J connectivity index is 2.17. The largest absolute Gasteiger partial charge is 0.300 e. The summed E-state index contributed by atoms with van der Waals surface area (Å²) in [6, 6.07) is 23.8. The normalized spacial score (nSPS) is 10.7. The molecule has 0 saturated heterocycles. The Bertz CT molecular complexity index is 754. The van der Waals surface area contributed by atoms with Crippen LogP contribution in [0, 0.1) is 0 Å². The number of ketones is 1. The summed E-state index contributed by atoms with van der Waals surface area (Å²) in [5, 5.41) is 0. The molecule has 0 aliphatic rings. The standard InChI is InChI=1S/C20H14F2O/c21-20(22)19(23)18-12-16(14-7-3-1-4-8-14)11-17(13-18)15-9-5-2-6-10-15/h1-13,20H. The Labute approximate surface area is 133 Å². The van der Waals surface area contributed by atoms with Crippen molar-refractivity contribution in [2.75, 3.05) is 0 Å². The number of rotatable bonds is 4. The van der Waals surface area contributed by atoms with Crippen molar-refractivity contribution < 1.29 is 13.6 Å². The second-order valence-corrected chi connectivity index (χ2v) is 5.20. The zero-order valence-electron chi connectivity index (χ0n) is 12.2. The lowest BCUT2D eigenvalue weighted by Crippen LogP contribution is -2.10. The zero-order chi connectivity index (χ0) is 16.2. The van der Waals surface area contributed by atoms with Crippen LogP contribution < -0.4 is 0 Å². The fourth-order valence-electron chi connectivity index (χ4n) is 2.49. The van der Waals surface area contributed by atoms with Gasteiger partial charge < -0.3 is 0 Å². The van der Waals surface area contributed by atoms with Crippen LogP contribution in [0.15, 0.2) is 78.9 Å². The molecule has 0 radical (unpaired) electrons. The van der Waals surface area contributed by atoms with E-state index in [1.54, 1.807) is 0 Å². The molecule has 3 rings (SSSR count). The van der Waals surface area contributed by atoms with Crippen LogP contribution in [0.25, 0.3) is 22.3 Å². The van der Waals surface area contributed by atoms with Gasteiger partial charge in [-0.2, -0.15) is 0 Å². The number of Topliss-reactive ketones (excluding diaryl/α,β-unsaturated/α-hetero) is 1. The molecule has 0 fully saturated rings. The maximum atomic E-state index is 12.8. The van der Waals surface area contributed by atoms with Gasteiger partial charge in [-0.25, -0.2) is 8.78 Å². The number of benzene rings is 3. The maximum absolute atomic E-state index is 12.8. The third-order valence-corrected chi connectivity index (χ3v) is 3.63. The van der Waals surface area contributed by atoms with Crippen LogP contribution >= 0.6 is 0 Å². The Morgan fingerprint density at radius 2 is 1.09 bits per heavy atom. The highest BCUT2D eigenvalue weighted by Gasteiger charge is 2.19. The first-order valence-corrected chi connectivity index (χ1v) is 7.23. The number of halogens is 2. The number of carbonyl (C=O) groups excluding carboxylic acids is 1. The van der Waals surface area contributed by atoms with Crippen LogP contribution in [0.2, 0.25) is 0 Å². The molecule has 1 nitrogen and oxygen atoms in total. The average molecular weight is 308 g/mol. The van der Waals surface area contributed by atoms with Gasteiger partial charge in [-0.1, -0.05) is 60.7 Å². The Morgan fingerprint density at radius 3 is 1.48 bits per heavy atom. The second-order valence-electron chi connectivity index (χ2n) is 5.20. The average Bonchev–Trinajstić information content (AvgIpc) is 2.62. The van der Waals surface area contributed by atoms with E-state index in [0.29, 0.717) is 0 Å². The minimum absolute atomic E-state index is 0.0280. The molecular formula is C20H14F2O. The van der Waals surface area contributed by atoms with Crippen LogP contribution in [0.3, 0.4) is 0 Å². The molecule has 3 heteroatoms. The Hall–Kier alpha value is -2.81. The summed E-state index contributed by atoms with van der Waals surface area (Å²) in [5.74, 6) is -1.15. The van der Waals surface area contributed by atoms with Gasteiger partial charge in [-0.15, -0.1) is 0 Å². The summed E-state index contributed by atoms with van der Waals surface area (Å²) in [6.07, 6.45) is -3.01. The van der Waals surface area contributed by atoms with Crippen LogP contribution in [0.4, 0.5) is 8.78 Å². The molecule has 3 aromatic rings. The number of hydrogen-bond donors (Lipinski definition) is 0. The van der Waals surface area contributed by atoms with Crippen molar-refractivity contribution in [2.24, 2.45) is 0 Å². The van der Waals surface area contributed by atoms with Crippen molar-refractivity contribution >= 4 is 5.78 Å². The minimum atomic E-state index is -3.01. The van der Waals surface area contributed by atoms with E-state index < -0.39 is 12.2 Å². The van der Waals surface area contributed by atoms with Gasteiger partial charge in [0.15, 0.2) is 0 Å². The van der Waals surface area contributed by atoms with E-state index >= 15 is 0 Å². The summed E-state index contributed by atoms with van der Waals surface area (Å²) in [7, 11) is 0. The van der Waals surface area contributed by atoms with Gasteiger partial charge in [0.1, 0.15) is 0 Å². The maximum Gasteiger partial charge on any atom is 0.300 e. The summed E-state index contributed by atoms with van der Waals surface area (Å²) >= 11 is 0. The van der Waals surface area contributed by atoms with E-state index in [9.17, 15) is 13.6 Å². The van der Waals surface area contributed by atoms with E-state index in [1.165, 1.54) is 12.1 Å². The van der Waals surface area contributed by atoms with Crippen LogP contribution in [-0.4, -0.2) is 12.2 Å². The lowest BCUT2D eigenvalue weighted by molar-refractivity contribution is 0.0679. The minimum Gasteiger partial charge on any atom is -0.288 e. The fourth-order valence-corrected chi connectivity index (χ4v) is 2.49. The molecule has 0 heterocycles. The lowest BCUT2D eigenvalue weighted by Gasteiger charge is -2.10. The molecule has 0 aromatic heterocycles. The van der Waals surface area contributed by atoms with E-state index in [2.05, 4.69) is 0 Å². The Morgan fingerprint density at radius 1 is 0.652 bits per heavy atom. The number of carbonyl (C=O) groups is 1. The van der Waals surface area contributed by atoms with Gasteiger partial charge in [0.05, 0.1) is 0 Å². The van der Waals surface area contributed by atoms with Gasteiger partial charge in [0.25, 0.3) is 0 Å². The first kappa shape index (κ1) is 15.1. The van der Waals surface area contributed by atoms with Crippen molar-refractivity contribution in [1.82, 2.24) is 0 Å². The molecule has 0 saturated carbocycles. The molecule has 0 N–H and O–H groups in total. The van der Waals surface area contributed by atoms with Gasteiger partial charge >= 0.3 is 6.43 Å². The first-order valence-electron chi connectivity index (χ1n) is 7.23. The van der Waals surface area contributed by atoms with Crippen molar-refractivity contribution in [3.8, 4) is 22.3 Å². The highest BCUT2D eigenvalue weighted by atomic mass is 19.3. The van der Waals surface area contributed by atoms with Crippen molar-refractivity contribution in [1.29, 1.82) is 0 Å². The SMILES string of the molecule is O=C(c1cc(-c2ccccc2)cc(-c2ccccc2)c1)C(F)F. The highest BCUT2D eigenvalue weighted by molar-refractivity contribution is 6.00. The molecule has 114 valence electrons. The Kier molecular flexibility index (Phi) is 4.29. The predicted molar refractivity (Wildman–Crippen MR) is 87.6 cm³/mol. The number of alkyl halides is 2. The third-order valence-electron chi connectivity index (χ3n) is 3.63. The van der Waals surface area contributed by atoms with Gasteiger partial charge in [-0.3, -0.25) is 4.79 Å². The molecule has 0 aliphatic heterocycles.